The quantitative estimate of drug-likeness (QED) is 0.465. The van der Waals surface area contributed by atoms with Gasteiger partial charge in [0.25, 0.3) is 5.91 Å². The minimum absolute atomic E-state index is 0.100. The van der Waals surface area contributed by atoms with Crippen molar-refractivity contribution >= 4 is 39.7 Å². The van der Waals surface area contributed by atoms with Gasteiger partial charge in [-0.2, -0.15) is 0 Å². The number of benzene rings is 2. The number of hydrogen-bond donors (Lipinski definition) is 3. The molecular weight excluding hydrogens is 452 g/mol. The van der Waals surface area contributed by atoms with Crippen molar-refractivity contribution in [2.75, 3.05) is 36.5 Å². The van der Waals surface area contributed by atoms with Crippen molar-refractivity contribution < 1.29 is 19.4 Å². The van der Waals surface area contributed by atoms with Gasteiger partial charge in [-0.1, -0.05) is 29.5 Å². The minimum atomic E-state index is -1.02. The first-order valence-corrected chi connectivity index (χ1v) is 12.2. The molecule has 5 rings (SSSR count). The van der Waals surface area contributed by atoms with Crippen LogP contribution >= 0.6 is 11.3 Å². The molecular formula is C25H26N4O4S. The van der Waals surface area contributed by atoms with Crippen LogP contribution in [0, 0.1) is 6.92 Å². The number of hydrogen-bond acceptors (Lipinski definition) is 7. The van der Waals surface area contributed by atoms with Crippen molar-refractivity contribution in [1.82, 2.24) is 10.3 Å². The second kappa shape index (κ2) is 9.44. The molecule has 2 heterocycles. The molecule has 0 atom stereocenters. The molecule has 1 saturated carbocycles. The number of ether oxygens (including phenoxy) is 1. The molecule has 3 aromatic rings. The molecule has 1 saturated heterocycles. The predicted octanol–water partition coefficient (Wildman–Crippen LogP) is 4.29. The van der Waals surface area contributed by atoms with Crippen LogP contribution in [0.3, 0.4) is 0 Å². The Morgan fingerprint density at radius 1 is 1.12 bits per heavy atom. The van der Waals surface area contributed by atoms with E-state index in [-0.39, 0.29) is 16.8 Å². The lowest BCUT2D eigenvalue weighted by Gasteiger charge is -2.28. The van der Waals surface area contributed by atoms with Gasteiger partial charge in [-0.05, 0) is 49.6 Å². The standard InChI is InChI=1S/C25H26N4O4S/c1-15-2-3-17(23(30)26-18-6-7-18)14-20(15)27-25-28-21(22(34-25)24(31)32)16-4-8-19(9-5-16)29-10-12-33-13-11-29/h2-5,8-9,14,18H,6-7,10-13H2,1H3,(H,26,30)(H,27,28)(H,31,32). The second-order valence-electron chi connectivity index (χ2n) is 8.55. The van der Waals surface area contributed by atoms with Crippen molar-refractivity contribution in [3.8, 4) is 11.3 Å². The fourth-order valence-corrected chi connectivity index (χ4v) is 4.71. The molecule has 2 fully saturated rings. The van der Waals surface area contributed by atoms with Crippen molar-refractivity contribution in [3.63, 3.8) is 0 Å². The van der Waals surface area contributed by atoms with Crippen LogP contribution in [-0.4, -0.2) is 54.3 Å². The Labute approximate surface area is 201 Å². The summed E-state index contributed by atoms with van der Waals surface area (Å²) >= 11 is 1.08. The molecule has 1 amide bonds. The van der Waals surface area contributed by atoms with E-state index in [4.69, 9.17) is 4.74 Å². The fraction of sp³-hybridized carbons (Fsp3) is 0.320. The number of aromatic nitrogens is 1. The Kier molecular flexibility index (Phi) is 6.21. The third-order valence-electron chi connectivity index (χ3n) is 5.99. The summed E-state index contributed by atoms with van der Waals surface area (Å²) in [6.45, 7) is 5.01. The number of rotatable bonds is 7. The number of carbonyl (C=O) groups excluding carboxylic acids is 1. The van der Waals surface area contributed by atoms with Crippen LogP contribution in [0.5, 0.6) is 0 Å². The zero-order valence-corrected chi connectivity index (χ0v) is 19.7. The third-order valence-corrected chi connectivity index (χ3v) is 6.95. The van der Waals surface area contributed by atoms with E-state index in [1.165, 1.54) is 0 Å². The zero-order valence-electron chi connectivity index (χ0n) is 18.8. The van der Waals surface area contributed by atoms with Gasteiger partial charge >= 0.3 is 5.97 Å². The van der Waals surface area contributed by atoms with E-state index >= 15 is 0 Å². The van der Waals surface area contributed by atoms with Crippen LogP contribution in [0.25, 0.3) is 11.3 Å². The predicted molar refractivity (Wildman–Crippen MR) is 132 cm³/mol. The lowest BCUT2D eigenvalue weighted by atomic mass is 10.1. The molecule has 8 nitrogen and oxygen atoms in total. The molecule has 1 aliphatic carbocycles. The Hall–Kier alpha value is -3.43. The summed E-state index contributed by atoms with van der Waals surface area (Å²) in [5.74, 6) is -1.12. The zero-order chi connectivity index (χ0) is 23.7. The van der Waals surface area contributed by atoms with E-state index in [9.17, 15) is 14.7 Å². The van der Waals surface area contributed by atoms with Gasteiger partial charge in [0.2, 0.25) is 0 Å². The average Bonchev–Trinajstić information content (AvgIpc) is 3.56. The lowest BCUT2D eigenvalue weighted by molar-refractivity contribution is 0.0702. The maximum absolute atomic E-state index is 12.4. The molecule has 9 heteroatoms. The topological polar surface area (TPSA) is 104 Å². The molecule has 0 unspecified atom stereocenters. The van der Waals surface area contributed by atoms with E-state index in [1.807, 2.05) is 37.3 Å². The molecule has 0 spiro atoms. The van der Waals surface area contributed by atoms with Gasteiger partial charge < -0.3 is 25.4 Å². The van der Waals surface area contributed by atoms with Crippen LogP contribution in [0.1, 0.15) is 38.4 Å². The molecule has 176 valence electrons. The van der Waals surface area contributed by atoms with E-state index in [0.29, 0.717) is 29.6 Å². The van der Waals surface area contributed by atoms with Gasteiger partial charge in [-0.25, -0.2) is 9.78 Å². The Balaban J connectivity index is 1.39. The number of carbonyl (C=O) groups is 2. The van der Waals surface area contributed by atoms with Gasteiger partial charge in [0.05, 0.1) is 18.9 Å². The second-order valence-corrected chi connectivity index (χ2v) is 9.55. The molecule has 0 bridgehead atoms. The number of amides is 1. The van der Waals surface area contributed by atoms with Crippen molar-refractivity contribution in [2.45, 2.75) is 25.8 Å². The van der Waals surface area contributed by atoms with Crippen molar-refractivity contribution in [3.05, 3.63) is 58.5 Å². The molecule has 2 aliphatic rings. The summed E-state index contributed by atoms with van der Waals surface area (Å²) in [6.07, 6.45) is 2.05. The monoisotopic (exact) mass is 478 g/mol. The first-order chi connectivity index (χ1) is 16.5. The highest BCUT2D eigenvalue weighted by Crippen LogP contribution is 2.34. The van der Waals surface area contributed by atoms with Crippen LogP contribution in [-0.2, 0) is 4.74 Å². The number of aryl methyl sites for hydroxylation is 1. The molecule has 34 heavy (non-hydrogen) atoms. The van der Waals surface area contributed by atoms with E-state index in [2.05, 4.69) is 20.5 Å². The maximum Gasteiger partial charge on any atom is 0.348 e. The van der Waals surface area contributed by atoms with Crippen LogP contribution in [0.2, 0.25) is 0 Å². The number of carboxylic acid groups (broad SMARTS) is 1. The molecule has 0 radical (unpaired) electrons. The number of nitrogens with one attached hydrogen (secondary N) is 2. The SMILES string of the molecule is Cc1ccc(C(=O)NC2CC2)cc1Nc1nc(-c2ccc(N3CCOCC3)cc2)c(C(=O)O)s1. The van der Waals surface area contributed by atoms with Crippen molar-refractivity contribution in [2.24, 2.45) is 0 Å². The van der Waals surface area contributed by atoms with E-state index < -0.39 is 5.97 Å². The van der Waals surface area contributed by atoms with E-state index in [1.54, 1.807) is 12.1 Å². The first kappa shape index (κ1) is 22.4. The maximum atomic E-state index is 12.4. The summed E-state index contributed by atoms with van der Waals surface area (Å²) in [5.41, 5.74) is 4.47. The smallest absolute Gasteiger partial charge is 0.348 e. The molecule has 3 N–H and O–H groups in total. The van der Waals surface area contributed by atoms with Crippen molar-refractivity contribution in [1.29, 1.82) is 0 Å². The van der Waals surface area contributed by atoms with E-state index in [0.717, 1.165) is 59.8 Å². The first-order valence-electron chi connectivity index (χ1n) is 11.3. The molecule has 1 aromatic heterocycles. The summed E-state index contributed by atoms with van der Waals surface area (Å²) in [5, 5.41) is 16.5. The van der Waals surface area contributed by atoms with Gasteiger partial charge in [-0.3, -0.25) is 4.79 Å². The summed E-state index contributed by atoms with van der Waals surface area (Å²) in [7, 11) is 0. The fourth-order valence-electron chi connectivity index (χ4n) is 3.88. The number of anilines is 3. The highest BCUT2D eigenvalue weighted by molar-refractivity contribution is 7.18. The number of carboxylic acids is 1. The number of nitrogens with zero attached hydrogens (tertiary/aromatic N) is 2. The van der Waals surface area contributed by atoms with Crippen LogP contribution < -0.4 is 15.5 Å². The average molecular weight is 479 g/mol. The van der Waals surface area contributed by atoms with Gasteiger partial charge in [0.15, 0.2) is 5.13 Å². The van der Waals surface area contributed by atoms with Gasteiger partial charge in [-0.15, -0.1) is 0 Å². The Morgan fingerprint density at radius 3 is 2.53 bits per heavy atom. The van der Waals surface area contributed by atoms with Gasteiger partial charge in [0, 0.05) is 41.6 Å². The number of aromatic carboxylic acids is 1. The molecule has 2 aromatic carbocycles. The number of thiazole rings is 1. The van der Waals surface area contributed by atoms with Gasteiger partial charge in [0.1, 0.15) is 4.88 Å². The summed E-state index contributed by atoms with van der Waals surface area (Å²) < 4.78 is 5.41. The number of morpholine rings is 1. The third kappa shape index (κ3) is 4.90. The lowest BCUT2D eigenvalue weighted by Crippen LogP contribution is -2.36. The normalized spacial score (nSPS) is 15.7. The van der Waals surface area contributed by atoms with Crippen LogP contribution in [0.4, 0.5) is 16.5 Å². The summed E-state index contributed by atoms with van der Waals surface area (Å²) in [6, 6.07) is 13.5. The highest BCUT2D eigenvalue weighted by atomic mass is 32.1. The molecule has 1 aliphatic heterocycles. The van der Waals surface area contributed by atoms with Crippen LogP contribution in [0.15, 0.2) is 42.5 Å². The Morgan fingerprint density at radius 2 is 1.85 bits per heavy atom. The Bertz CT molecular complexity index is 1210. The largest absolute Gasteiger partial charge is 0.477 e. The highest BCUT2D eigenvalue weighted by Gasteiger charge is 2.24. The summed E-state index contributed by atoms with van der Waals surface area (Å²) in [4.78, 5) is 31.4. The minimum Gasteiger partial charge on any atom is -0.477 e.